The molecule has 22 heavy (non-hydrogen) atoms. The number of rotatable bonds is 4. The second kappa shape index (κ2) is 6.06. The molecule has 2 N–H and O–H groups in total. The van der Waals surface area contributed by atoms with Gasteiger partial charge in [-0.1, -0.05) is 18.2 Å². The fourth-order valence-corrected chi connectivity index (χ4v) is 2.97. The molecule has 1 atom stereocenters. The minimum Gasteiger partial charge on any atom is -0.373 e. The maximum absolute atomic E-state index is 12.5. The molecule has 0 spiro atoms. The third-order valence-electron chi connectivity index (χ3n) is 3.95. The number of nitrogens with one attached hydrogen (secondary N) is 2. The van der Waals surface area contributed by atoms with Crippen LogP contribution in [0, 0.1) is 4.77 Å². The zero-order valence-corrected chi connectivity index (χ0v) is 13.3. The van der Waals surface area contributed by atoms with E-state index in [1.807, 2.05) is 37.3 Å². The van der Waals surface area contributed by atoms with Gasteiger partial charge in [0.05, 0.1) is 5.60 Å². The third-order valence-corrected chi connectivity index (χ3v) is 4.25. The van der Waals surface area contributed by atoms with Crippen LogP contribution in [-0.2, 0) is 4.74 Å². The van der Waals surface area contributed by atoms with Gasteiger partial charge in [-0.2, -0.15) is 0 Å². The summed E-state index contributed by atoms with van der Waals surface area (Å²) in [6.45, 7) is 3.29. The SMILES string of the molecule is C[C@@]1(CNC(=O)c2c[nH]c(=S)n2-c2ccccc2)CCCO1. The van der Waals surface area contributed by atoms with Gasteiger partial charge in [-0.25, -0.2) is 0 Å². The highest BCUT2D eigenvalue weighted by Crippen LogP contribution is 2.24. The van der Waals surface area contributed by atoms with Crippen LogP contribution in [0.3, 0.4) is 0 Å². The molecule has 1 aromatic carbocycles. The number of H-pyrrole nitrogens is 1. The lowest BCUT2D eigenvalue weighted by molar-refractivity contribution is 0.0205. The number of hydrogen-bond donors (Lipinski definition) is 2. The molecule has 1 aliphatic rings. The highest BCUT2D eigenvalue weighted by molar-refractivity contribution is 7.71. The van der Waals surface area contributed by atoms with Crippen molar-refractivity contribution in [2.75, 3.05) is 13.2 Å². The number of aromatic amines is 1. The van der Waals surface area contributed by atoms with Gasteiger partial charge in [-0.05, 0) is 44.1 Å². The smallest absolute Gasteiger partial charge is 0.269 e. The van der Waals surface area contributed by atoms with Gasteiger partial charge >= 0.3 is 0 Å². The fraction of sp³-hybridized carbons (Fsp3) is 0.375. The van der Waals surface area contributed by atoms with Crippen molar-refractivity contribution in [2.45, 2.75) is 25.4 Å². The Hall–Kier alpha value is -1.92. The molecule has 116 valence electrons. The Balaban J connectivity index is 1.80. The summed E-state index contributed by atoms with van der Waals surface area (Å²) in [7, 11) is 0. The minimum atomic E-state index is -0.264. The third kappa shape index (κ3) is 2.98. The Morgan fingerprint density at radius 3 is 2.91 bits per heavy atom. The summed E-state index contributed by atoms with van der Waals surface area (Å²) in [6, 6.07) is 9.60. The first-order chi connectivity index (χ1) is 10.6. The average molecular weight is 317 g/mol. The molecule has 5 nitrogen and oxygen atoms in total. The summed E-state index contributed by atoms with van der Waals surface area (Å²) in [5.41, 5.74) is 1.10. The first kappa shape index (κ1) is 15.0. The zero-order valence-electron chi connectivity index (χ0n) is 12.5. The van der Waals surface area contributed by atoms with Crippen molar-refractivity contribution in [3.05, 3.63) is 47.0 Å². The number of aromatic nitrogens is 2. The molecule has 2 heterocycles. The van der Waals surface area contributed by atoms with Gasteiger partial charge in [-0.3, -0.25) is 9.36 Å². The largest absolute Gasteiger partial charge is 0.373 e. The molecule has 2 aromatic rings. The fourth-order valence-electron chi connectivity index (χ4n) is 2.70. The van der Waals surface area contributed by atoms with Crippen molar-refractivity contribution in [2.24, 2.45) is 0 Å². The first-order valence-corrected chi connectivity index (χ1v) is 7.78. The van der Waals surface area contributed by atoms with Gasteiger partial charge in [0.2, 0.25) is 0 Å². The van der Waals surface area contributed by atoms with Crippen LogP contribution < -0.4 is 5.32 Å². The van der Waals surface area contributed by atoms with Gasteiger partial charge in [0, 0.05) is 25.0 Å². The van der Waals surface area contributed by atoms with Crippen molar-refractivity contribution in [1.29, 1.82) is 0 Å². The van der Waals surface area contributed by atoms with Gasteiger partial charge < -0.3 is 15.0 Å². The quantitative estimate of drug-likeness (QED) is 0.853. The van der Waals surface area contributed by atoms with Gasteiger partial charge in [0.1, 0.15) is 5.69 Å². The molecule has 0 unspecified atom stereocenters. The molecule has 0 aliphatic carbocycles. The summed E-state index contributed by atoms with van der Waals surface area (Å²) < 4.78 is 7.94. The Morgan fingerprint density at radius 1 is 1.45 bits per heavy atom. The van der Waals surface area contributed by atoms with E-state index in [1.54, 1.807) is 10.8 Å². The number of ether oxygens (including phenoxy) is 1. The predicted octanol–water partition coefficient (Wildman–Crippen LogP) is 2.83. The Morgan fingerprint density at radius 2 is 2.23 bits per heavy atom. The summed E-state index contributed by atoms with van der Waals surface area (Å²) in [5, 5.41) is 2.95. The van der Waals surface area contributed by atoms with Crippen LogP contribution in [0.1, 0.15) is 30.3 Å². The zero-order chi connectivity index (χ0) is 15.6. The second-order valence-corrected chi connectivity index (χ2v) is 6.12. The number of amides is 1. The molecule has 0 radical (unpaired) electrons. The van der Waals surface area contributed by atoms with Crippen LogP contribution in [0.5, 0.6) is 0 Å². The van der Waals surface area contributed by atoms with Gasteiger partial charge in [0.15, 0.2) is 4.77 Å². The molecule has 6 heteroatoms. The van der Waals surface area contributed by atoms with E-state index < -0.39 is 0 Å². The molecule has 1 fully saturated rings. The molecular weight excluding hydrogens is 298 g/mol. The van der Waals surface area contributed by atoms with Crippen LogP contribution in [0.25, 0.3) is 5.69 Å². The Labute approximate surface area is 134 Å². The second-order valence-electron chi connectivity index (χ2n) is 5.73. The molecular formula is C16H19N3O2S. The van der Waals surface area contributed by atoms with Crippen LogP contribution in [0.4, 0.5) is 0 Å². The molecule has 0 saturated carbocycles. The van der Waals surface area contributed by atoms with Crippen LogP contribution in [0.2, 0.25) is 0 Å². The highest BCUT2D eigenvalue weighted by Gasteiger charge is 2.30. The van der Waals surface area contributed by atoms with E-state index in [-0.39, 0.29) is 11.5 Å². The van der Waals surface area contributed by atoms with E-state index in [0.717, 1.165) is 25.1 Å². The van der Waals surface area contributed by atoms with E-state index in [1.165, 1.54) is 0 Å². The number of nitrogens with zero attached hydrogens (tertiary/aromatic N) is 1. The summed E-state index contributed by atoms with van der Waals surface area (Å²) in [5.74, 6) is -0.159. The normalized spacial score (nSPS) is 21.0. The lowest BCUT2D eigenvalue weighted by Gasteiger charge is -2.23. The predicted molar refractivity (Wildman–Crippen MR) is 86.9 cm³/mol. The minimum absolute atomic E-state index is 0.159. The number of benzene rings is 1. The van der Waals surface area contributed by atoms with Crippen molar-refractivity contribution < 1.29 is 9.53 Å². The maximum Gasteiger partial charge on any atom is 0.269 e. The number of carbonyl (C=O) groups is 1. The molecule has 1 amide bonds. The first-order valence-electron chi connectivity index (χ1n) is 7.37. The number of imidazole rings is 1. The van der Waals surface area contributed by atoms with E-state index in [2.05, 4.69) is 10.3 Å². The average Bonchev–Trinajstić information content (AvgIpc) is 3.13. The van der Waals surface area contributed by atoms with Crippen LogP contribution >= 0.6 is 12.2 Å². The topological polar surface area (TPSA) is 59.0 Å². The van der Waals surface area contributed by atoms with E-state index >= 15 is 0 Å². The standard InChI is InChI=1S/C16H19N3O2S/c1-16(8-5-9-21-16)11-18-14(20)13-10-17-15(22)19(13)12-6-3-2-4-7-12/h2-4,6-7,10H,5,8-9,11H2,1H3,(H,17,22)(H,18,20)/t16-/m0/s1. The van der Waals surface area contributed by atoms with E-state index in [9.17, 15) is 4.79 Å². The highest BCUT2D eigenvalue weighted by atomic mass is 32.1. The van der Waals surface area contributed by atoms with Crippen molar-refractivity contribution in [3.63, 3.8) is 0 Å². The van der Waals surface area contributed by atoms with Crippen LogP contribution in [-0.4, -0.2) is 34.2 Å². The number of carbonyl (C=O) groups excluding carboxylic acids is 1. The van der Waals surface area contributed by atoms with Gasteiger partial charge in [-0.15, -0.1) is 0 Å². The van der Waals surface area contributed by atoms with Crippen molar-refractivity contribution in [3.8, 4) is 5.69 Å². The number of hydrogen-bond acceptors (Lipinski definition) is 3. The van der Waals surface area contributed by atoms with Crippen LogP contribution in [0.15, 0.2) is 36.5 Å². The van der Waals surface area contributed by atoms with Crippen molar-refractivity contribution in [1.82, 2.24) is 14.9 Å². The summed E-state index contributed by atoms with van der Waals surface area (Å²) in [4.78, 5) is 15.4. The van der Waals surface area contributed by atoms with Crippen molar-refractivity contribution >= 4 is 18.1 Å². The lowest BCUT2D eigenvalue weighted by Crippen LogP contribution is -2.40. The molecule has 0 bridgehead atoms. The maximum atomic E-state index is 12.5. The summed E-state index contributed by atoms with van der Waals surface area (Å²) in [6.07, 6.45) is 3.64. The van der Waals surface area contributed by atoms with E-state index in [4.69, 9.17) is 17.0 Å². The number of para-hydroxylation sites is 1. The molecule has 1 aliphatic heterocycles. The Bertz CT molecular complexity index is 714. The molecule has 3 rings (SSSR count). The Kier molecular flexibility index (Phi) is 4.13. The molecule has 1 saturated heterocycles. The summed E-state index contributed by atoms with van der Waals surface area (Å²) >= 11 is 5.29. The molecule has 1 aromatic heterocycles. The van der Waals surface area contributed by atoms with E-state index in [0.29, 0.717) is 17.0 Å². The lowest BCUT2D eigenvalue weighted by atomic mass is 10.0. The van der Waals surface area contributed by atoms with Gasteiger partial charge in [0.25, 0.3) is 5.91 Å². The monoisotopic (exact) mass is 317 g/mol.